The summed E-state index contributed by atoms with van der Waals surface area (Å²) >= 11 is 0. The summed E-state index contributed by atoms with van der Waals surface area (Å²) in [5, 5.41) is 7.59. The van der Waals surface area contributed by atoms with Crippen LogP contribution in [0.25, 0.3) is 0 Å². The maximum atomic E-state index is 4.50. The third kappa shape index (κ3) is 2.56. The third-order valence-electron chi connectivity index (χ3n) is 2.34. The van der Waals surface area contributed by atoms with Crippen LogP contribution >= 0.6 is 0 Å². The van der Waals surface area contributed by atoms with Crippen LogP contribution in [0.15, 0.2) is 12.3 Å². The fraction of sp³-hybridized carbons (Fsp3) is 0.700. The molecule has 1 N–H and O–H groups in total. The average molecular weight is 181 g/mol. The van der Waals surface area contributed by atoms with Crippen molar-refractivity contribution in [3.8, 4) is 0 Å². The van der Waals surface area contributed by atoms with Crippen molar-refractivity contribution in [3.63, 3.8) is 0 Å². The lowest BCUT2D eigenvalue weighted by atomic mass is 10.2. The molecule has 1 aromatic heterocycles. The van der Waals surface area contributed by atoms with Gasteiger partial charge in [-0.15, -0.1) is 0 Å². The Labute approximate surface area is 80.1 Å². The first-order valence-corrected chi connectivity index (χ1v) is 5.00. The van der Waals surface area contributed by atoms with E-state index in [4.69, 9.17) is 0 Å². The Kier molecular flexibility index (Phi) is 3.96. The Bertz CT molecular complexity index is 238. The van der Waals surface area contributed by atoms with E-state index in [9.17, 15) is 0 Å². The molecule has 13 heavy (non-hydrogen) atoms. The summed E-state index contributed by atoms with van der Waals surface area (Å²) in [5.41, 5.74) is 1.12. The van der Waals surface area contributed by atoms with Crippen molar-refractivity contribution in [1.29, 1.82) is 0 Å². The number of nitrogens with zero attached hydrogens (tertiary/aromatic N) is 2. The lowest BCUT2D eigenvalue weighted by Crippen LogP contribution is -2.10. The summed E-state index contributed by atoms with van der Waals surface area (Å²) < 4.78 is 2.08. The molecule has 0 unspecified atom stereocenters. The third-order valence-corrected chi connectivity index (χ3v) is 2.34. The Morgan fingerprint density at radius 3 is 2.69 bits per heavy atom. The van der Waals surface area contributed by atoms with Crippen molar-refractivity contribution in [2.75, 3.05) is 7.05 Å². The molecule has 0 bridgehead atoms. The van der Waals surface area contributed by atoms with Gasteiger partial charge in [0.25, 0.3) is 0 Å². The molecule has 74 valence electrons. The average Bonchev–Trinajstić information content (AvgIpc) is 2.56. The van der Waals surface area contributed by atoms with Crippen LogP contribution in [0.1, 0.15) is 38.4 Å². The van der Waals surface area contributed by atoms with Crippen LogP contribution in [-0.2, 0) is 6.54 Å². The second-order valence-corrected chi connectivity index (χ2v) is 3.29. The second-order valence-electron chi connectivity index (χ2n) is 3.29. The van der Waals surface area contributed by atoms with Crippen molar-refractivity contribution in [2.24, 2.45) is 0 Å². The monoisotopic (exact) mass is 181 g/mol. The molecule has 1 rings (SSSR count). The topological polar surface area (TPSA) is 29.9 Å². The smallest absolute Gasteiger partial charge is 0.0762 e. The number of hydrogen-bond donors (Lipinski definition) is 1. The van der Waals surface area contributed by atoms with Gasteiger partial charge in [0.1, 0.15) is 0 Å². The molecule has 0 aliphatic rings. The zero-order valence-electron chi connectivity index (χ0n) is 8.75. The van der Waals surface area contributed by atoms with E-state index >= 15 is 0 Å². The van der Waals surface area contributed by atoms with Gasteiger partial charge in [-0.05, 0) is 26.0 Å². The van der Waals surface area contributed by atoms with Gasteiger partial charge < -0.3 is 5.32 Å². The lowest BCUT2D eigenvalue weighted by molar-refractivity contribution is 0.424. The molecule has 0 aliphatic carbocycles. The van der Waals surface area contributed by atoms with Gasteiger partial charge in [0.2, 0.25) is 0 Å². The molecule has 0 amide bonds. The van der Waals surface area contributed by atoms with Crippen LogP contribution in [0.5, 0.6) is 0 Å². The van der Waals surface area contributed by atoms with Gasteiger partial charge in [-0.25, -0.2) is 0 Å². The van der Waals surface area contributed by atoms with Crippen LogP contribution in [0.3, 0.4) is 0 Å². The zero-order valence-corrected chi connectivity index (χ0v) is 8.75. The van der Waals surface area contributed by atoms with Gasteiger partial charge in [-0.3, -0.25) is 4.68 Å². The first kappa shape index (κ1) is 10.3. The number of rotatable bonds is 5. The zero-order chi connectivity index (χ0) is 9.68. The maximum Gasteiger partial charge on any atom is 0.0762 e. The lowest BCUT2D eigenvalue weighted by Gasteiger charge is -2.12. The Balaban J connectivity index is 2.66. The summed E-state index contributed by atoms with van der Waals surface area (Å²) in [5.74, 6) is 0. The molecular formula is C10H19N3. The summed E-state index contributed by atoms with van der Waals surface area (Å²) in [7, 11) is 1.94. The minimum Gasteiger partial charge on any atom is -0.314 e. The fourth-order valence-electron chi connectivity index (χ4n) is 1.52. The highest BCUT2D eigenvalue weighted by Crippen LogP contribution is 2.14. The van der Waals surface area contributed by atoms with Gasteiger partial charge >= 0.3 is 0 Å². The van der Waals surface area contributed by atoms with Crippen LogP contribution in [0, 0.1) is 0 Å². The predicted octanol–water partition coefficient (Wildman–Crippen LogP) is 1.96. The molecule has 3 heteroatoms. The highest BCUT2D eigenvalue weighted by molar-refractivity contribution is 4.99. The first-order valence-electron chi connectivity index (χ1n) is 5.00. The van der Waals surface area contributed by atoms with E-state index < -0.39 is 0 Å². The molecule has 0 radical (unpaired) electrons. The second kappa shape index (κ2) is 5.02. The van der Waals surface area contributed by atoms with E-state index in [0.29, 0.717) is 6.04 Å². The number of aromatic nitrogens is 2. The van der Waals surface area contributed by atoms with E-state index in [1.54, 1.807) is 0 Å². The van der Waals surface area contributed by atoms with Crippen LogP contribution in [0.4, 0.5) is 0 Å². The maximum absolute atomic E-state index is 4.50. The van der Waals surface area contributed by atoms with E-state index in [0.717, 1.165) is 25.1 Å². The predicted molar refractivity (Wildman–Crippen MR) is 54.6 cm³/mol. The molecule has 0 atom stereocenters. The van der Waals surface area contributed by atoms with Gasteiger partial charge in [-0.2, -0.15) is 5.10 Å². The Morgan fingerprint density at radius 2 is 2.15 bits per heavy atom. The van der Waals surface area contributed by atoms with Crippen molar-refractivity contribution in [1.82, 2.24) is 15.1 Å². The van der Waals surface area contributed by atoms with Gasteiger partial charge in [-0.1, -0.05) is 13.8 Å². The van der Waals surface area contributed by atoms with Gasteiger partial charge in [0, 0.05) is 12.7 Å². The molecular weight excluding hydrogens is 162 g/mol. The highest BCUT2D eigenvalue weighted by Gasteiger charge is 2.06. The van der Waals surface area contributed by atoms with E-state index in [1.807, 2.05) is 7.05 Å². The molecule has 0 aliphatic heterocycles. The van der Waals surface area contributed by atoms with Gasteiger partial charge in [0.15, 0.2) is 0 Å². The minimum atomic E-state index is 0.561. The van der Waals surface area contributed by atoms with Crippen LogP contribution in [-0.4, -0.2) is 16.8 Å². The van der Waals surface area contributed by atoms with E-state index in [1.165, 1.54) is 0 Å². The summed E-state index contributed by atoms with van der Waals surface area (Å²) in [6, 6.07) is 2.64. The molecule has 0 spiro atoms. The standard InChI is InChI=1S/C10H19N3/c1-4-10(5-2)13-7-6-9(12-13)8-11-3/h6-7,10-11H,4-5,8H2,1-3H3. The molecule has 0 fully saturated rings. The summed E-state index contributed by atoms with van der Waals surface area (Å²) in [6.07, 6.45) is 4.37. The molecule has 3 nitrogen and oxygen atoms in total. The minimum absolute atomic E-state index is 0.561. The molecule has 0 aromatic carbocycles. The first-order chi connectivity index (χ1) is 6.31. The van der Waals surface area contributed by atoms with Crippen molar-refractivity contribution < 1.29 is 0 Å². The summed E-state index contributed by atoms with van der Waals surface area (Å²) in [6.45, 7) is 5.26. The molecule has 0 saturated heterocycles. The quantitative estimate of drug-likeness (QED) is 0.752. The van der Waals surface area contributed by atoms with Crippen LogP contribution < -0.4 is 5.32 Å². The van der Waals surface area contributed by atoms with Crippen molar-refractivity contribution in [3.05, 3.63) is 18.0 Å². The van der Waals surface area contributed by atoms with E-state index in [-0.39, 0.29) is 0 Å². The van der Waals surface area contributed by atoms with Crippen molar-refractivity contribution in [2.45, 2.75) is 39.3 Å². The summed E-state index contributed by atoms with van der Waals surface area (Å²) in [4.78, 5) is 0. The van der Waals surface area contributed by atoms with Crippen LogP contribution in [0.2, 0.25) is 0 Å². The highest BCUT2D eigenvalue weighted by atomic mass is 15.3. The Hall–Kier alpha value is -0.830. The number of nitrogens with one attached hydrogen (secondary N) is 1. The van der Waals surface area contributed by atoms with Crippen molar-refractivity contribution >= 4 is 0 Å². The van der Waals surface area contributed by atoms with Gasteiger partial charge in [0.05, 0.1) is 11.7 Å². The van der Waals surface area contributed by atoms with E-state index in [2.05, 4.69) is 41.2 Å². The molecule has 0 saturated carbocycles. The fourth-order valence-corrected chi connectivity index (χ4v) is 1.52. The molecule has 1 aromatic rings. The number of hydrogen-bond acceptors (Lipinski definition) is 2. The SMILES string of the molecule is CCC(CC)n1ccc(CNC)n1. The molecule has 1 heterocycles. The largest absolute Gasteiger partial charge is 0.314 e. The normalized spacial score (nSPS) is 11.1. The Morgan fingerprint density at radius 1 is 1.46 bits per heavy atom.